The molecular weight excluding hydrogens is 174 g/mol. The van der Waals surface area contributed by atoms with Gasteiger partial charge in [0.2, 0.25) is 0 Å². The van der Waals surface area contributed by atoms with E-state index in [1.54, 1.807) is 0 Å². The lowest BCUT2D eigenvalue weighted by Gasteiger charge is -2.03. The monoisotopic (exact) mass is 183 g/mol. The van der Waals surface area contributed by atoms with Crippen molar-refractivity contribution in [3.05, 3.63) is 34.3 Å². The third-order valence-corrected chi connectivity index (χ3v) is 1.88. The molecule has 0 atom stereocenters. The summed E-state index contributed by atoms with van der Waals surface area (Å²) in [7, 11) is 0. The molecule has 1 aromatic carbocycles. The molecule has 0 fully saturated rings. The average Bonchev–Trinajstić information content (AvgIpc) is 2.03. The van der Waals surface area contributed by atoms with Crippen molar-refractivity contribution in [3.63, 3.8) is 0 Å². The van der Waals surface area contributed by atoms with Crippen LogP contribution >= 0.6 is 11.6 Å². The Kier molecular flexibility index (Phi) is 3.11. The van der Waals surface area contributed by atoms with Gasteiger partial charge in [0.25, 0.3) is 0 Å². The highest BCUT2D eigenvalue weighted by Gasteiger charge is 1.98. The molecule has 2 nitrogen and oxygen atoms in total. The number of halogens is 1. The highest BCUT2D eigenvalue weighted by atomic mass is 35.5. The summed E-state index contributed by atoms with van der Waals surface area (Å²) in [6.45, 7) is 2.34. The largest absolute Gasteiger partial charge is 0.479 e. The Labute approximate surface area is 76.6 Å². The van der Waals surface area contributed by atoms with Crippen LogP contribution in [0.2, 0.25) is 5.02 Å². The van der Waals surface area contributed by atoms with Crippen LogP contribution in [0.3, 0.4) is 0 Å². The molecule has 0 aliphatic heterocycles. The van der Waals surface area contributed by atoms with Crippen LogP contribution in [0.25, 0.3) is 0 Å². The van der Waals surface area contributed by atoms with Gasteiger partial charge >= 0.3 is 0 Å². The molecule has 1 N–H and O–H groups in total. The van der Waals surface area contributed by atoms with Crippen LogP contribution in [0.1, 0.15) is 11.1 Å². The third kappa shape index (κ3) is 2.24. The van der Waals surface area contributed by atoms with Gasteiger partial charge in [-0.25, -0.2) is 0 Å². The van der Waals surface area contributed by atoms with E-state index in [4.69, 9.17) is 21.7 Å². The van der Waals surface area contributed by atoms with Crippen molar-refractivity contribution in [2.24, 2.45) is 0 Å². The molecule has 12 heavy (non-hydrogen) atoms. The molecule has 0 amide bonds. The number of nitrogens with one attached hydrogen (secondary N) is 1. The van der Waals surface area contributed by atoms with Gasteiger partial charge in [-0.15, -0.1) is 0 Å². The Hall–Kier alpha value is -1.02. The molecule has 0 heterocycles. The zero-order valence-electron chi connectivity index (χ0n) is 6.80. The van der Waals surface area contributed by atoms with Crippen LogP contribution in [0.15, 0.2) is 18.2 Å². The molecule has 3 heteroatoms. The minimum Gasteiger partial charge on any atom is -0.479 e. The average molecular weight is 184 g/mol. The summed E-state index contributed by atoms with van der Waals surface area (Å²) in [6.07, 6.45) is 0.913. The van der Waals surface area contributed by atoms with Crippen molar-refractivity contribution in [2.75, 3.05) is 0 Å². The molecule has 1 aromatic rings. The third-order valence-electron chi connectivity index (χ3n) is 1.53. The van der Waals surface area contributed by atoms with Gasteiger partial charge in [0.1, 0.15) is 6.61 Å². The Bertz CT molecular complexity index is 286. The second kappa shape index (κ2) is 4.12. The first kappa shape index (κ1) is 9.07. The predicted molar refractivity (Wildman–Crippen MR) is 49.8 cm³/mol. The molecule has 0 aliphatic carbocycles. The van der Waals surface area contributed by atoms with Gasteiger partial charge in [-0.05, 0) is 18.6 Å². The normalized spacial score (nSPS) is 9.50. The molecular formula is C9H10ClNO. The van der Waals surface area contributed by atoms with Gasteiger partial charge in [-0.1, -0.05) is 23.7 Å². The highest BCUT2D eigenvalue weighted by molar-refractivity contribution is 6.31. The highest BCUT2D eigenvalue weighted by Crippen LogP contribution is 2.17. The fraction of sp³-hybridized carbons (Fsp3) is 0.222. The Balaban J connectivity index is 2.78. The molecule has 0 aromatic heterocycles. The van der Waals surface area contributed by atoms with Crippen LogP contribution in [-0.2, 0) is 11.3 Å². The summed E-state index contributed by atoms with van der Waals surface area (Å²) >= 11 is 5.91. The van der Waals surface area contributed by atoms with Crippen LogP contribution in [0.4, 0.5) is 0 Å². The number of rotatable bonds is 3. The number of aryl methyl sites for hydroxylation is 1. The second-order valence-corrected chi connectivity index (χ2v) is 2.93. The van der Waals surface area contributed by atoms with Crippen LogP contribution < -0.4 is 0 Å². The van der Waals surface area contributed by atoms with Crippen molar-refractivity contribution < 1.29 is 4.74 Å². The van der Waals surface area contributed by atoms with E-state index in [1.807, 2.05) is 25.1 Å². The van der Waals surface area contributed by atoms with Crippen molar-refractivity contribution in [1.82, 2.24) is 0 Å². The summed E-state index contributed by atoms with van der Waals surface area (Å²) in [4.78, 5) is 0. The fourth-order valence-corrected chi connectivity index (χ4v) is 1.19. The standard InChI is InChI=1S/C9H10ClNO/c1-7-2-3-8(5-12-6-11)9(10)4-7/h2-4,6,11H,5H2,1H3. The van der Waals surface area contributed by atoms with Crippen LogP contribution in [-0.4, -0.2) is 6.40 Å². The Morgan fingerprint density at radius 3 is 2.92 bits per heavy atom. The lowest BCUT2D eigenvalue weighted by molar-refractivity contribution is 0.305. The Morgan fingerprint density at radius 2 is 2.33 bits per heavy atom. The zero-order chi connectivity index (χ0) is 8.97. The first-order chi connectivity index (χ1) is 5.74. The van der Waals surface area contributed by atoms with Gasteiger partial charge < -0.3 is 4.74 Å². The maximum Gasteiger partial charge on any atom is 0.167 e. The number of hydrogen-bond acceptors (Lipinski definition) is 2. The summed E-state index contributed by atoms with van der Waals surface area (Å²) in [5, 5.41) is 7.37. The summed E-state index contributed by atoms with van der Waals surface area (Å²) in [6, 6.07) is 5.75. The molecule has 0 saturated carbocycles. The maximum absolute atomic E-state index is 6.67. The van der Waals surface area contributed by atoms with Crippen molar-refractivity contribution in [3.8, 4) is 0 Å². The number of ether oxygens (including phenoxy) is 1. The van der Waals surface area contributed by atoms with Crippen molar-refractivity contribution in [2.45, 2.75) is 13.5 Å². The Morgan fingerprint density at radius 1 is 1.58 bits per heavy atom. The SMILES string of the molecule is Cc1ccc(COC=N)c(Cl)c1. The van der Waals surface area contributed by atoms with E-state index in [-0.39, 0.29) is 0 Å². The van der Waals surface area contributed by atoms with Crippen LogP contribution in [0, 0.1) is 12.3 Å². The van der Waals surface area contributed by atoms with E-state index >= 15 is 0 Å². The minimum atomic E-state index is 0.364. The quantitative estimate of drug-likeness (QED) is 0.567. The van der Waals surface area contributed by atoms with Gasteiger partial charge in [0.15, 0.2) is 6.40 Å². The molecule has 0 bridgehead atoms. The summed E-state index contributed by atoms with van der Waals surface area (Å²) < 4.78 is 4.80. The molecule has 0 spiro atoms. The smallest absolute Gasteiger partial charge is 0.167 e. The lowest BCUT2D eigenvalue weighted by atomic mass is 10.2. The van der Waals surface area contributed by atoms with E-state index in [0.717, 1.165) is 17.5 Å². The van der Waals surface area contributed by atoms with E-state index < -0.39 is 0 Å². The van der Waals surface area contributed by atoms with E-state index in [2.05, 4.69) is 0 Å². The lowest BCUT2D eigenvalue weighted by Crippen LogP contribution is -1.90. The van der Waals surface area contributed by atoms with Gasteiger partial charge in [0, 0.05) is 10.6 Å². The molecule has 0 aliphatic rings. The van der Waals surface area contributed by atoms with E-state index in [0.29, 0.717) is 11.6 Å². The molecule has 1 rings (SSSR count). The number of hydrogen-bond donors (Lipinski definition) is 1. The first-order valence-corrected chi connectivity index (χ1v) is 3.97. The minimum absolute atomic E-state index is 0.364. The maximum atomic E-state index is 6.67. The molecule has 0 unspecified atom stereocenters. The van der Waals surface area contributed by atoms with Crippen molar-refractivity contribution in [1.29, 1.82) is 5.41 Å². The predicted octanol–water partition coefficient (Wildman–Crippen LogP) is 2.77. The van der Waals surface area contributed by atoms with Crippen molar-refractivity contribution >= 4 is 18.0 Å². The molecule has 0 saturated heterocycles. The zero-order valence-corrected chi connectivity index (χ0v) is 7.56. The first-order valence-electron chi connectivity index (χ1n) is 3.59. The van der Waals surface area contributed by atoms with Gasteiger partial charge in [-0.3, -0.25) is 5.41 Å². The summed E-state index contributed by atoms with van der Waals surface area (Å²) in [5.74, 6) is 0. The van der Waals surface area contributed by atoms with Gasteiger partial charge in [0.05, 0.1) is 0 Å². The van der Waals surface area contributed by atoms with E-state index in [1.165, 1.54) is 0 Å². The van der Waals surface area contributed by atoms with Gasteiger partial charge in [-0.2, -0.15) is 0 Å². The fourth-order valence-electron chi connectivity index (χ4n) is 0.901. The second-order valence-electron chi connectivity index (χ2n) is 2.52. The number of benzene rings is 1. The van der Waals surface area contributed by atoms with Crippen LogP contribution in [0.5, 0.6) is 0 Å². The van der Waals surface area contributed by atoms with E-state index in [9.17, 15) is 0 Å². The molecule has 64 valence electrons. The molecule has 0 radical (unpaired) electrons. The summed E-state index contributed by atoms with van der Waals surface area (Å²) in [5.41, 5.74) is 2.03. The topological polar surface area (TPSA) is 33.1 Å².